The molecule has 1 aromatic carbocycles. The fraction of sp³-hybridized carbons (Fsp3) is 0.286. The highest BCUT2D eigenvalue weighted by molar-refractivity contribution is 5.94. The third kappa shape index (κ3) is 3.58. The van der Waals surface area contributed by atoms with Gasteiger partial charge in [-0.05, 0) is 25.1 Å². The number of carbonyl (C=O) groups is 1. The van der Waals surface area contributed by atoms with Crippen molar-refractivity contribution in [1.82, 2.24) is 10.5 Å². The fourth-order valence-electron chi connectivity index (χ4n) is 1.70. The van der Waals surface area contributed by atoms with Crippen molar-refractivity contribution in [3.63, 3.8) is 0 Å². The molecule has 0 bridgehead atoms. The first-order valence-electron chi connectivity index (χ1n) is 6.03. The Kier molecular flexibility index (Phi) is 4.18. The first kappa shape index (κ1) is 13.1. The Balaban J connectivity index is 1.87. The van der Waals surface area contributed by atoms with Crippen molar-refractivity contribution >= 4 is 5.91 Å². The molecule has 100 valence electrons. The summed E-state index contributed by atoms with van der Waals surface area (Å²) in [7, 11) is 1.57. The zero-order valence-corrected chi connectivity index (χ0v) is 11.0. The molecular weight excluding hydrogens is 244 g/mol. The summed E-state index contributed by atoms with van der Waals surface area (Å²) in [6.45, 7) is 2.37. The van der Waals surface area contributed by atoms with Crippen molar-refractivity contribution < 1.29 is 14.1 Å². The van der Waals surface area contributed by atoms with E-state index in [0.29, 0.717) is 24.3 Å². The number of rotatable bonds is 5. The molecule has 1 N–H and O–H groups in total. The number of hydrogen-bond donors (Lipinski definition) is 1. The normalized spacial score (nSPS) is 10.2. The lowest BCUT2D eigenvalue weighted by Gasteiger charge is -2.05. The van der Waals surface area contributed by atoms with Crippen LogP contribution in [0.5, 0.6) is 5.75 Å². The second-order valence-corrected chi connectivity index (χ2v) is 4.17. The van der Waals surface area contributed by atoms with Crippen molar-refractivity contribution in [2.24, 2.45) is 0 Å². The number of aryl methyl sites for hydroxylation is 1. The summed E-state index contributed by atoms with van der Waals surface area (Å²) in [5, 5.41) is 6.62. The fourth-order valence-corrected chi connectivity index (χ4v) is 1.70. The van der Waals surface area contributed by atoms with Gasteiger partial charge in [0, 0.05) is 24.6 Å². The highest BCUT2D eigenvalue weighted by Crippen LogP contribution is 2.12. The maximum atomic E-state index is 11.9. The van der Waals surface area contributed by atoms with E-state index in [0.717, 1.165) is 11.5 Å². The molecule has 0 radical (unpaired) electrons. The number of ether oxygens (including phenoxy) is 1. The predicted octanol–water partition coefficient (Wildman–Crippen LogP) is 1.96. The van der Waals surface area contributed by atoms with Crippen LogP contribution in [0.1, 0.15) is 21.8 Å². The molecule has 0 atom stereocenters. The Bertz CT molecular complexity index is 563. The predicted molar refractivity (Wildman–Crippen MR) is 70.3 cm³/mol. The van der Waals surface area contributed by atoms with Gasteiger partial charge < -0.3 is 14.6 Å². The van der Waals surface area contributed by atoms with Crippen LogP contribution in [0.15, 0.2) is 34.9 Å². The molecule has 2 aromatic rings. The van der Waals surface area contributed by atoms with Crippen LogP contribution in [0.25, 0.3) is 0 Å². The van der Waals surface area contributed by atoms with Crippen LogP contribution in [-0.4, -0.2) is 24.7 Å². The van der Waals surface area contributed by atoms with Gasteiger partial charge in [0.1, 0.15) is 11.5 Å². The minimum atomic E-state index is -0.130. The Morgan fingerprint density at radius 1 is 1.42 bits per heavy atom. The first-order valence-corrected chi connectivity index (χ1v) is 6.03. The van der Waals surface area contributed by atoms with Crippen LogP contribution in [0.3, 0.4) is 0 Å². The molecule has 0 spiro atoms. The molecule has 0 aliphatic heterocycles. The van der Waals surface area contributed by atoms with E-state index in [4.69, 9.17) is 9.26 Å². The highest BCUT2D eigenvalue weighted by Gasteiger charge is 2.07. The first-order chi connectivity index (χ1) is 9.19. The molecule has 0 saturated heterocycles. The Morgan fingerprint density at radius 2 is 2.26 bits per heavy atom. The van der Waals surface area contributed by atoms with Gasteiger partial charge in [-0.2, -0.15) is 0 Å². The summed E-state index contributed by atoms with van der Waals surface area (Å²) in [4.78, 5) is 11.9. The lowest BCUT2D eigenvalue weighted by Crippen LogP contribution is -2.25. The molecule has 0 saturated carbocycles. The van der Waals surface area contributed by atoms with Crippen LogP contribution in [0, 0.1) is 6.92 Å². The molecule has 5 heteroatoms. The van der Waals surface area contributed by atoms with Crippen molar-refractivity contribution in [2.45, 2.75) is 13.3 Å². The quantitative estimate of drug-likeness (QED) is 0.892. The van der Waals surface area contributed by atoms with Gasteiger partial charge in [0.15, 0.2) is 0 Å². The number of nitrogens with one attached hydrogen (secondary N) is 1. The van der Waals surface area contributed by atoms with E-state index >= 15 is 0 Å². The number of nitrogens with zero attached hydrogens (tertiary/aromatic N) is 1. The molecule has 5 nitrogen and oxygen atoms in total. The molecule has 0 unspecified atom stereocenters. The second kappa shape index (κ2) is 6.04. The zero-order valence-electron chi connectivity index (χ0n) is 11.0. The third-order valence-corrected chi connectivity index (χ3v) is 2.67. The van der Waals surface area contributed by atoms with Crippen LogP contribution in [-0.2, 0) is 6.42 Å². The van der Waals surface area contributed by atoms with Gasteiger partial charge >= 0.3 is 0 Å². The molecule has 0 fully saturated rings. The number of hydrogen-bond acceptors (Lipinski definition) is 4. The molecule has 1 amide bonds. The van der Waals surface area contributed by atoms with Crippen LogP contribution < -0.4 is 10.1 Å². The van der Waals surface area contributed by atoms with Gasteiger partial charge in [-0.15, -0.1) is 0 Å². The average Bonchev–Trinajstić information content (AvgIpc) is 2.84. The van der Waals surface area contributed by atoms with E-state index in [1.165, 1.54) is 0 Å². The lowest BCUT2D eigenvalue weighted by molar-refractivity contribution is 0.0953. The van der Waals surface area contributed by atoms with E-state index in [9.17, 15) is 4.79 Å². The van der Waals surface area contributed by atoms with Gasteiger partial charge in [-0.25, -0.2) is 0 Å². The monoisotopic (exact) mass is 260 g/mol. The van der Waals surface area contributed by atoms with E-state index in [-0.39, 0.29) is 5.91 Å². The molecule has 2 rings (SSSR count). The van der Waals surface area contributed by atoms with Gasteiger partial charge in [-0.3, -0.25) is 4.79 Å². The number of aromatic nitrogens is 1. The van der Waals surface area contributed by atoms with E-state index in [2.05, 4.69) is 10.5 Å². The molecule has 0 aliphatic rings. The third-order valence-electron chi connectivity index (χ3n) is 2.67. The van der Waals surface area contributed by atoms with Gasteiger partial charge in [-0.1, -0.05) is 11.2 Å². The number of benzene rings is 1. The Hall–Kier alpha value is -2.30. The van der Waals surface area contributed by atoms with E-state index in [1.807, 2.05) is 13.0 Å². The highest BCUT2D eigenvalue weighted by atomic mass is 16.5. The van der Waals surface area contributed by atoms with Crippen molar-refractivity contribution in [2.75, 3.05) is 13.7 Å². The molecule has 0 aliphatic carbocycles. The summed E-state index contributed by atoms with van der Waals surface area (Å²) in [6, 6.07) is 8.89. The summed E-state index contributed by atoms with van der Waals surface area (Å²) in [5.74, 6) is 1.30. The molecule has 1 aromatic heterocycles. The van der Waals surface area contributed by atoms with E-state index < -0.39 is 0 Å². The SMILES string of the molecule is COc1cccc(C(=O)NCCc2cc(C)no2)c1. The van der Waals surface area contributed by atoms with Gasteiger partial charge in [0.2, 0.25) is 0 Å². The van der Waals surface area contributed by atoms with Gasteiger partial charge in [0.25, 0.3) is 5.91 Å². The zero-order chi connectivity index (χ0) is 13.7. The summed E-state index contributed by atoms with van der Waals surface area (Å²) in [6.07, 6.45) is 0.622. The van der Waals surface area contributed by atoms with Crippen molar-refractivity contribution in [1.29, 1.82) is 0 Å². The van der Waals surface area contributed by atoms with Crippen molar-refractivity contribution in [3.8, 4) is 5.75 Å². The molecular formula is C14H16N2O3. The number of carbonyl (C=O) groups excluding carboxylic acids is 1. The maximum absolute atomic E-state index is 11.9. The number of methoxy groups -OCH3 is 1. The van der Waals surface area contributed by atoms with Crippen LogP contribution in [0.2, 0.25) is 0 Å². The van der Waals surface area contributed by atoms with Gasteiger partial charge in [0.05, 0.1) is 12.8 Å². The standard InChI is InChI=1S/C14H16N2O3/c1-10-8-13(19-16-10)6-7-15-14(17)11-4-3-5-12(9-11)18-2/h3-5,8-9H,6-7H2,1-2H3,(H,15,17). The van der Waals surface area contributed by atoms with Crippen molar-refractivity contribution in [3.05, 3.63) is 47.3 Å². The molecule has 19 heavy (non-hydrogen) atoms. The largest absolute Gasteiger partial charge is 0.497 e. The second-order valence-electron chi connectivity index (χ2n) is 4.17. The minimum absolute atomic E-state index is 0.130. The Morgan fingerprint density at radius 3 is 2.95 bits per heavy atom. The summed E-state index contributed by atoms with van der Waals surface area (Å²) < 4.78 is 10.1. The van der Waals surface area contributed by atoms with Crippen LogP contribution in [0.4, 0.5) is 0 Å². The van der Waals surface area contributed by atoms with E-state index in [1.54, 1.807) is 31.4 Å². The number of amides is 1. The average molecular weight is 260 g/mol. The van der Waals surface area contributed by atoms with Crippen LogP contribution >= 0.6 is 0 Å². The summed E-state index contributed by atoms with van der Waals surface area (Å²) >= 11 is 0. The summed E-state index contributed by atoms with van der Waals surface area (Å²) in [5.41, 5.74) is 1.42. The lowest BCUT2D eigenvalue weighted by atomic mass is 10.2. The minimum Gasteiger partial charge on any atom is -0.497 e. The topological polar surface area (TPSA) is 64.4 Å². The smallest absolute Gasteiger partial charge is 0.251 e. The maximum Gasteiger partial charge on any atom is 0.251 e. The Labute approximate surface area is 111 Å². The molecule has 1 heterocycles.